The Morgan fingerprint density at radius 1 is 1.53 bits per heavy atom. The van der Waals surface area contributed by atoms with E-state index in [4.69, 9.17) is 10.5 Å². The monoisotopic (exact) mass is 256 g/mol. The van der Waals surface area contributed by atoms with Crippen LogP contribution in [0, 0.1) is 10.1 Å². The van der Waals surface area contributed by atoms with Crippen LogP contribution in [-0.4, -0.2) is 22.7 Å². The van der Waals surface area contributed by atoms with E-state index in [1.807, 2.05) is 0 Å². The number of nitro groups is 1. The fraction of sp³-hybridized carbons (Fsp3) is 0.300. The first-order valence-corrected chi connectivity index (χ1v) is 5.45. The van der Waals surface area contributed by atoms with Gasteiger partial charge in [-0.3, -0.25) is 14.9 Å². The summed E-state index contributed by atoms with van der Waals surface area (Å²) in [5.41, 5.74) is 5.64. The molecule has 0 saturated heterocycles. The average molecular weight is 256 g/mol. The maximum absolute atomic E-state index is 11.3. The molecule has 0 saturated carbocycles. The molecule has 1 atom stereocenters. The first kappa shape index (κ1) is 13.5. The predicted octanol–water partition coefficient (Wildman–Crippen LogP) is 0.895. The van der Waals surface area contributed by atoms with E-state index in [9.17, 15) is 14.9 Å². The van der Waals surface area contributed by atoms with Crippen LogP contribution in [-0.2, 0) is 16.1 Å². The molecule has 0 radical (unpaired) electrons. The third-order valence-corrected chi connectivity index (χ3v) is 2.45. The van der Waals surface area contributed by atoms with E-state index in [0.29, 0.717) is 5.56 Å². The molecule has 0 aliphatic heterocycles. The molecule has 0 fully saturated rings. The lowest BCUT2D eigenvalue weighted by Crippen LogP contribution is -2.33. The van der Waals surface area contributed by atoms with Crippen molar-refractivity contribution in [2.24, 2.45) is 5.73 Å². The number of thiol groups is 1. The number of nitrogens with two attached hydrogens (primary N) is 1. The van der Waals surface area contributed by atoms with Crippen molar-refractivity contribution in [2.45, 2.75) is 12.6 Å². The Kier molecular flexibility index (Phi) is 4.92. The van der Waals surface area contributed by atoms with Gasteiger partial charge in [-0.25, -0.2) is 0 Å². The quantitative estimate of drug-likeness (QED) is 0.353. The van der Waals surface area contributed by atoms with Crippen molar-refractivity contribution in [1.82, 2.24) is 0 Å². The number of benzene rings is 1. The molecule has 0 spiro atoms. The highest BCUT2D eigenvalue weighted by Gasteiger charge is 2.17. The Hall–Kier alpha value is -1.60. The molecule has 1 unspecified atom stereocenters. The molecule has 1 aromatic carbocycles. The Morgan fingerprint density at radius 3 is 2.76 bits per heavy atom. The van der Waals surface area contributed by atoms with E-state index >= 15 is 0 Å². The molecule has 0 bridgehead atoms. The minimum atomic E-state index is -0.818. The smallest absolute Gasteiger partial charge is 0.324 e. The van der Waals surface area contributed by atoms with Crippen molar-refractivity contribution >= 4 is 24.3 Å². The second-order valence-corrected chi connectivity index (χ2v) is 3.65. The molecule has 0 aromatic heterocycles. The molecule has 6 nitrogen and oxygen atoms in total. The minimum absolute atomic E-state index is 0.0836. The number of rotatable bonds is 5. The van der Waals surface area contributed by atoms with Crippen LogP contribution in [0.15, 0.2) is 24.3 Å². The zero-order valence-electron chi connectivity index (χ0n) is 8.91. The lowest BCUT2D eigenvalue weighted by molar-refractivity contribution is -0.385. The summed E-state index contributed by atoms with van der Waals surface area (Å²) in [6, 6.07) is 5.23. The van der Waals surface area contributed by atoms with Crippen molar-refractivity contribution in [3.05, 3.63) is 39.9 Å². The van der Waals surface area contributed by atoms with Gasteiger partial charge in [-0.05, 0) is 6.07 Å². The van der Waals surface area contributed by atoms with Gasteiger partial charge in [-0.1, -0.05) is 12.1 Å². The second kappa shape index (κ2) is 6.21. The molecule has 17 heavy (non-hydrogen) atoms. The Balaban J connectivity index is 2.69. The fourth-order valence-electron chi connectivity index (χ4n) is 1.14. The summed E-state index contributed by atoms with van der Waals surface area (Å²) < 4.78 is 4.85. The number of ether oxygens (including phenoxy) is 1. The molecule has 7 heteroatoms. The van der Waals surface area contributed by atoms with Crippen LogP contribution in [0.1, 0.15) is 5.56 Å². The van der Waals surface area contributed by atoms with Gasteiger partial charge in [0.2, 0.25) is 0 Å². The molecular weight excluding hydrogens is 244 g/mol. The van der Waals surface area contributed by atoms with E-state index < -0.39 is 16.9 Å². The Labute approximate surface area is 103 Å². The van der Waals surface area contributed by atoms with Gasteiger partial charge in [0, 0.05) is 11.8 Å². The number of esters is 1. The van der Waals surface area contributed by atoms with E-state index in [0.717, 1.165) is 0 Å². The Bertz CT molecular complexity index is 425. The van der Waals surface area contributed by atoms with E-state index in [-0.39, 0.29) is 18.0 Å². The van der Waals surface area contributed by atoms with Crippen LogP contribution < -0.4 is 5.73 Å². The summed E-state index contributed by atoms with van der Waals surface area (Å²) in [6.07, 6.45) is 0. The molecule has 1 rings (SSSR count). The van der Waals surface area contributed by atoms with Gasteiger partial charge in [0.15, 0.2) is 0 Å². The van der Waals surface area contributed by atoms with Gasteiger partial charge in [-0.2, -0.15) is 12.6 Å². The molecule has 92 valence electrons. The minimum Gasteiger partial charge on any atom is -0.459 e. The van der Waals surface area contributed by atoms with Gasteiger partial charge in [0.1, 0.15) is 12.6 Å². The SMILES string of the molecule is NC(CS)C(=O)OCc1ccccc1[N+](=O)[O-]. The molecule has 0 amide bonds. The van der Waals surface area contributed by atoms with Crippen LogP contribution in [0.4, 0.5) is 5.69 Å². The summed E-state index contributed by atoms with van der Waals surface area (Å²) in [4.78, 5) is 21.4. The first-order valence-electron chi connectivity index (χ1n) is 4.81. The van der Waals surface area contributed by atoms with Crippen molar-refractivity contribution in [2.75, 3.05) is 5.75 Å². The van der Waals surface area contributed by atoms with Crippen LogP contribution in [0.5, 0.6) is 0 Å². The van der Waals surface area contributed by atoms with E-state index in [2.05, 4.69) is 12.6 Å². The van der Waals surface area contributed by atoms with Crippen molar-refractivity contribution < 1.29 is 14.5 Å². The number of nitro benzene ring substituents is 1. The second-order valence-electron chi connectivity index (χ2n) is 3.28. The maximum Gasteiger partial charge on any atom is 0.324 e. The highest BCUT2D eigenvalue weighted by Crippen LogP contribution is 2.18. The lowest BCUT2D eigenvalue weighted by atomic mass is 10.2. The molecule has 0 heterocycles. The van der Waals surface area contributed by atoms with Crippen LogP contribution in [0.3, 0.4) is 0 Å². The number of carbonyl (C=O) groups is 1. The number of carbonyl (C=O) groups excluding carboxylic acids is 1. The van der Waals surface area contributed by atoms with Crippen molar-refractivity contribution in [1.29, 1.82) is 0 Å². The van der Waals surface area contributed by atoms with Crippen LogP contribution in [0.25, 0.3) is 0 Å². The zero-order chi connectivity index (χ0) is 12.8. The number of nitrogens with zero attached hydrogens (tertiary/aromatic N) is 1. The number of para-hydroxylation sites is 1. The Morgan fingerprint density at radius 2 is 2.18 bits per heavy atom. The summed E-state index contributed by atoms with van der Waals surface area (Å²) in [7, 11) is 0. The molecule has 0 aliphatic carbocycles. The van der Waals surface area contributed by atoms with Gasteiger partial charge < -0.3 is 10.5 Å². The number of hydrogen-bond donors (Lipinski definition) is 2. The van der Waals surface area contributed by atoms with Crippen LogP contribution in [0.2, 0.25) is 0 Å². The van der Waals surface area contributed by atoms with Crippen LogP contribution >= 0.6 is 12.6 Å². The lowest BCUT2D eigenvalue weighted by Gasteiger charge is -2.09. The van der Waals surface area contributed by atoms with Gasteiger partial charge in [-0.15, -0.1) is 0 Å². The summed E-state index contributed by atoms with van der Waals surface area (Å²) in [5.74, 6) is -0.464. The number of hydrogen-bond acceptors (Lipinski definition) is 6. The zero-order valence-corrected chi connectivity index (χ0v) is 9.80. The topological polar surface area (TPSA) is 95.5 Å². The highest BCUT2D eigenvalue weighted by molar-refractivity contribution is 7.80. The molecular formula is C10H12N2O4S. The van der Waals surface area contributed by atoms with Gasteiger partial charge in [0.05, 0.1) is 10.5 Å². The molecule has 0 aliphatic rings. The van der Waals surface area contributed by atoms with E-state index in [1.165, 1.54) is 12.1 Å². The maximum atomic E-state index is 11.3. The van der Waals surface area contributed by atoms with Crippen molar-refractivity contribution in [3.63, 3.8) is 0 Å². The molecule has 2 N–H and O–H groups in total. The fourth-order valence-corrected chi connectivity index (χ4v) is 1.29. The first-order chi connectivity index (χ1) is 8.06. The third-order valence-electron chi connectivity index (χ3n) is 2.06. The predicted molar refractivity (Wildman–Crippen MR) is 64.7 cm³/mol. The normalized spacial score (nSPS) is 11.9. The van der Waals surface area contributed by atoms with Gasteiger partial charge in [0.25, 0.3) is 5.69 Å². The molecule has 1 aromatic rings. The van der Waals surface area contributed by atoms with Crippen molar-refractivity contribution in [3.8, 4) is 0 Å². The highest BCUT2D eigenvalue weighted by atomic mass is 32.1. The standard InChI is InChI=1S/C10H12N2O4S/c11-8(6-17)10(13)16-5-7-3-1-2-4-9(7)12(14)15/h1-4,8,17H,5-6,11H2. The summed E-state index contributed by atoms with van der Waals surface area (Å²) >= 11 is 3.85. The average Bonchev–Trinajstić information content (AvgIpc) is 2.35. The van der Waals surface area contributed by atoms with E-state index in [1.54, 1.807) is 12.1 Å². The summed E-state index contributed by atoms with van der Waals surface area (Å²) in [6.45, 7) is -0.169. The van der Waals surface area contributed by atoms with Gasteiger partial charge >= 0.3 is 5.97 Å². The third kappa shape index (κ3) is 3.72. The largest absolute Gasteiger partial charge is 0.459 e. The summed E-state index contributed by atoms with van der Waals surface area (Å²) in [5, 5.41) is 10.7.